The van der Waals surface area contributed by atoms with Gasteiger partial charge in [0, 0.05) is 5.56 Å². The van der Waals surface area contributed by atoms with Crippen LogP contribution >= 0.6 is 0 Å². The maximum atomic E-state index is 13.8. The molecule has 0 amide bonds. The Labute approximate surface area is 233 Å². The Bertz CT molecular complexity index is 1510. The van der Waals surface area contributed by atoms with Crippen LogP contribution in [0.4, 0.5) is 0 Å². The SMILES string of the molecule is Cc1ccccc1C(=O)[C@@]1(O)[C@@H](C(=O)C(O)c2ccccc2C)OC(OC(c2ccc3c(c2)OCO3)[N+](=O)[O-])[C@@H]1O. The lowest BCUT2D eigenvalue weighted by molar-refractivity contribution is -0.595. The van der Waals surface area contributed by atoms with Gasteiger partial charge in [-0.2, -0.15) is 0 Å². The summed E-state index contributed by atoms with van der Waals surface area (Å²) in [4.78, 5) is 38.6. The summed E-state index contributed by atoms with van der Waals surface area (Å²) in [6.45, 7) is 3.17. The summed E-state index contributed by atoms with van der Waals surface area (Å²) in [5, 5.41) is 46.1. The van der Waals surface area contributed by atoms with Crippen LogP contribution in [0.1, 0.15) is 44.9 Å². The van der Waals surface area contributed by atoms with E-state index in [9.17, 15) is 35.0 Å². The van der Waals surface area contributed by atoms with E-state index in [2.05, 4.69) is 0 Å². The van der Waals surface area contributed by atoms with Crippen molar-refractivity contribution in [1.82, 2.24) is 0 Å². The zero-order valence-corrected chi connectivity index (χ0v) is 22.0. The number of rotatable bonds is 9. The van der Waals surface area contributed by atoms with E-state index >= 15 is 0 Å². The number of hydrogen-bond acceptors (Lipinski definition) is 11. The first-order valence-electron chi connectivity index (χ1n) is 12.7. The first-order chi connectivity index (χ1) is 19.5. The van der Waals surface area contributed by atoms with Crippen molar-refractivity contribution in [2.24, 2.45) is 0 Å². The van der Waals surface area contributed by atoms with Crippen LogP contribution in [-0.4, -0.2) is 62.7 Å². The van der Waals surface area contributed by atoms with E-state index in [0.717, 1.165) is 0 Å². The van der Waals surface area contributed by atoms with Gasteiger partial charge in [-0.05, 0) is 48.7 Å². The van der Waals surface area contributed by atoms with E-state index in [1.54, 1.807) is 44.2 Å². The van der Waals surface area contributed by atoms with Crippen LogP contribution < -0.4 is 9.47 Å². The van der Waals surface area contributed by atoms with Gasteiger partial charge in [-0.3, -0.25) is 24.4 Å². The summed E-state index contributed by atoms with van der Waals surface area (Å²) in [7, 11) is 0. The third kappa shape index (κ3) is 4.96. The van der Waals surface area contributed by atoms with Crippen LogP contribution in [0, 0.1) is 24.0 Å². The largest absolute Gasteiger partial charge is 0.454 e. The molecule has 6 atom stereocenters. The zero-order valence-electron chi connectivity index (χ0n) is 22.0. The minimum atomic E-state index is -2.96. The molecule has 3 N–H and O–H groups in total. The molecule has 2 aliphatic rings. The average molecular weight is 566 g/mol. The number of carbonyl (C=O) groups is 2. The number of nitrogens with zero attached hydrogens (tertiary/aromatic N) is 1. The maximum absolute atomic E-state index is 13.8. The van der Waals surface area contributed by atoms with E-state index in [1.165, 1.54) is 36.4 Å². The van der Waals surface area contributed by atoms with Crippen molar-refractivity contribution in [2.45, 2.75) is 50.3 Å². The maximum Gasteiger partial charge on any atom is 0.344 e. The van der Waals surface area contributed by atoms with Gasteiger partial charge in [-0.25, -0.2) is 0 Å². The zero-order chi connectivity index (χ0) is 29.5. The Balaban J connectivity index is 1.52. The molecule has 12 heteroatoms. The van der Waals surface area contributed by atoms with Crippen molar-refractivity contribution >= 4 is 11.6 Å². The standard InChI is InChI=1S/C29H27NO11/c1-15-7-3-5-9-18(15)22(31)23(32)26-29(35,24(33)19-10-6-4-8-16(19)2)25(34)28(40-26)41-27(30(36)37)17-11-12-20-21(13-17)39-14-38-20/h3-13,22,25-28,31,34-35H,14H2,1-2H3/t22?,25-,26+,27?,28?,29-/m0/s1. The number of carbonyl (C=O) groups excluding carboxylic acids is 2. The van der Waals surface area contributed by atoms with Gasteiger partial charge in [0.2, 0.25) is 12.6 Å². The fourth-order valence-corrected chi connectivity index (χ4v) is 5.00. The lowest BCUT2D eigenvalue weighted by Crippen LogP contribution is -2.58. The fourth-order valence-electron chi connectivity index (χ4n) is 5.00. The van der Waals surface area contributed by atoms with Crippen LogP contribution in [0.25, 0.3) is 0 Å². The lowest BCUT2D eigenvalue weighted by atomic mass is 9.80. The van der Waals surface area contributed by atoms with Crippen LogP contribution in [0.5, 0.6) is 11.5 Å². The first-order valence-corrected chi connectivity index (χ1v) is 12.7. The first kappa shape index (κ1) is 28.3. The summed E-state index contributed by atoms with van der Waals surface area (Å²) in [6.07, 6.45) is -10.2. The number of nitro groups is 1. The molecule has 0 saturated carbocycles. The molecule has 0 bridgehead atoms. The number of ether oxygens (including phenoxy) is 4. The molecule has 2 heterocycles. The summed E-state index contributed by atoms with van der Waals surface area (Å²) in [6, 6.07) is 16.7. The van der Waals surface area contributed by atoms with Crippen LogP contribution in [0.2, 0.25) is 0 Å². The number of benzene rings is 3. The summed E-state index contributed by atoms with van der Waals surface area (Å²) < 4.78 is 21.6. The molecule has 3 aromatic carbocycles. The molecule has 1 saturated heterocycles. The molecule has 12 nitrogen and oxygen atoms in total. The van der Waals surface area contributed by atoms with Crippen molar-refractivity contribution in [3.63, 3.8) is 0 Å². The molecule has 0 spiro atoms. The average Bonchev–Trinajstić information content (AvgIpc) is 3.53. The molecule has 3 aromatic rings. The predicted octanol–water partition coefficient (Wildman–Crippen LogP) is 2.33. The summed E-state index contributed by atoms with van der Waals surface area (Å²) >= 11 is 0. The van der Waals surface area contributed by atoms with E-state index < -0.39 is 52.9 Å². The van der Waals surface area contributed by atoms with Gasteiger partial charge >= 0.3 is 6.23 Å². The van der Waals surface area contributed by atoms with Crippen molar-refractivity contribution in [2.75, 3.05) is 6.79 Å². The fraction of sp³-hybridized carbons (Fsp3) is 0.310. The molecule has 0 aromatic heterocycles. The number of ketones is 2. The van der Waals surface area contributed by atoms with Gasteiger partial charge in [0.15, 0.2) is 35.3 Å². The van der Waals surface area contributed by atoms with E-state index in [4.69, 9.17) is 18.9 Å². The number of Topliss-reactive ketones (excluding diaryl/α,β-unsaturated/α-hetero) is 2. The van der Waals surface area contributed by atoms with Crippen molar-refractivity contribution in [3.8, 4) is 11.5 Å². The molecule has 3 unspecified atom stereocenters. The number of hydrogen-bond donors (Lipinski definition) is 3. The minimum absolute atomic E-state index is 0.0152. The van der Waals surface area contributed by atoms with Crippen molar-refractivity contribution < 1.29 is 48.8 Å². The molecule has 214 valence electrons. The van der Waals surface area contributed by atoms with Crippen LogP contribution in [-0.2, 0) is 14.3 Å². The Kier molecular flexibility index (Phi) is 7.60. The predicted molar refractivity (Wildman–Crippen MR) is 140 cm³/mol. The second kappa shape index (κ2) is 11.0. The summed E-state index contributed by atoms with van der Waals surface area (Å²) in [5.74, 6) is -1.63. The number of fused-ring (bicyclic) bond motifs is 1. The van der Waals surface area contributed by atoms with Crippen LogP contribution in [0.15, 0.2) is 66.7 Å². The highest BCUT2D eigenvalue weighted by molar-refractivity contribution is 6.08. The van der Waals surface area contributed by atoms with Gasteiger partial charge in [-0.1, -0.05) is 48.5 Å². The molecule has 0 radical (unpaired) electrons. The Hall–Kier alpha value is -4.20. The smallest absolute Gasteiger partial charge is 0.344 e. The summed E-state index contributed by atoms with van der Waals surface area (Å²) in [5.41, 5.74) is -1.84. The Morgan fingerprint density at radius 2 is 1.68 bits per heavy atom. The molecule has 41 heavy (non-hydrogen) atoms. The van der Waals surface area contributed by atoms with Crippen LogP contribution in [0.3, 0.4) is 0 Å². The van der Waals surface area contributed by atoms with Gasteiger partial charge in [0.25, 0.3) is 0 Å². The normalized spacial score (nSPS) is 24.6. The van der Waals surface area contributed by atoms with Gasteiger partial charge in [-0.15, -0.1) is 0 Å². The molecular weight excluding hydrogens is 538 g/mol. The molecule has 2 aliphatic heterocycles. The Morgan fingerprint density at radius 1 is 1.02 bits per heavy atom. The van der Waals surface area contributed by atoms with E-state index in [1.807, 2.05) is 0 Å². The topological polar surface area (TPSA) is 175 Å². The monoisotopic (exact) mass is 565 g/mol. The minimum Gasteiger partial charge on any atom is -0.454 e. The van der Waals surface area contributed by atoms with Gasteiger partial charge in [0.1, 0.15) is 12.2 Å². The third-order valence-corrected chi connectivity index (χ3v) is 7.28. The quantitative estimate of drug-likeness (QED) is 0.150. The van der Waals surface area contributed by atoms with E-state index in [-0.39, 0.29) is 29.2 Å². The molecule has 1 fully saturated rings. The highest BCUT2D eigenvalue weighted by Crippen LogP contribution is 2.41. The van der Waals surface area contributed by atoms with E-state index in [0.29, 0.717) is 16.9 Å². The highest BCUT2D eigenvalue weighted by Gasteiger charge is 2.65. The molecular formula is C29H27NO11. The van der Waals surface area contributed by atoms with Crippen molar-refractivity contribution in [1.29, 1.82) is 0 Å². The molecule has 0 aliphatic carbocycles. The third-order valence-electron chi connectivity index (χ3n) is 7.28. The lowest BCUT2D eigenvalue weighted by Gasteiger charge is -2.30. The second-order valence-electron chi connectivity index (χ2n) is 9.85. The van der Waals surface area contributed by atoms with Crippen molar-refractivity contribution in [3.05, 3.63) is 105 Å². The number of aliphatic hydroxyl groups excluding tert-OH is 2. The second-order valence-corrected chi connectivity index (χ2v) is 9.85. The van der Waals surface area contributed by atoms with Gasteiger partial charge in [0.05, 0.1) is 10.5 Å². The van der Waals surface area contributed by atoms with Gasteiger partial charge < -0.3 is 29.5 Å². The Morgan fingerprint density at radius 3 is 2.37 bits per heavy atom. The highest BCUT2D eigenvalue weighted by atomic mass is 16.8. The molecule has 5 rings (SSSR count). The number of aryl methyl sites for hydroxylation is 2. The number of aliphatic hydroxyl groups is 3.